The van der Waals surface area contributed by atoms with Crippen molar-refractivity contribution in [2.75, 3.05) is 13.1 Å². The Morgan fingerprint density at radius 1 is 1.02 bits per heavy atom. The van der Waals surface area contributed by atoms with Crippen LogP contribution in [0.5, 0.6) is 0 Å². The van der Waals surface area contributed by atoms with Crippen molar-refractivity contribution in [3.8, 4) is 11.1 Å². The first kappa shape index (κ1) is 28.5. The van der Waals surface area contributed by atoms with Crippen molar-refractivity contribution in [2.45, 2.75) is 30.3 Å². The molecule has 0 bridgehead atoms. The Balaban J connectivity index is 1.24. The summed E-state index contributed by atoms with van der Waals surface area (Å²) in [6.45, 7) is 2.69. The molecule has 1 saturated heterocycles. The van der Waals surface area contributed by atoms with Gasteiger partial charge in [0, 0.05) is 24.6 Å². The van der Waals surface area contributed by atoms with E-state index >= 15 is 0 Å². The van der Waals surface area contributed by atoms with Crippen molar-refractivity contribution < 1.29 is 31.2 Å². The number of benzene rings is 3. The van der Waals surface area contributed by atoms with Gasteiger partial charge in [0.2, 0.25) is 5.91 Å². The van der Waals surface area contributed by atoms with Crippen LogP contribution >= 0.6 is 11.3 Å². The fourth-order valence-corrected chi connectivity index (χ4v) is 6.34. The molecule has 0 aliphatic carbocycles. The number of thiazole rings is 1. The van der Waals surface area contributed by atoms with Crippen LogP contribution in [0.15, 0.2) is 83.3 Å². The van der Waals surface area contributed by atoms with Crippen LogP contribution in [0.2, 0.25) is 0 Å². The van der Waals surface area contributed by atoms with Gasteiger partial charge in [0.25, 0.3) is 15.9 Å². The molecule has 4 aromatic rings. The summed E-state index contributed by atoms with van der Waals surface area (Å²) in [5.41, 5.74) is 4.06. The Kier molecular flexibility index (Phi) is 7.71. The number of hydrogen-bond donors (Lipinski definition) is 1. The zero-order valence-corrected chi connectivity index (χ0v) is 23.3. The van der Waals surface area contributed by atoms with Crippen LogP contribution in [0, 0.1) is 6.92 Å². The Hall–Kier alpha value is -4.03. The highest BCUT2D eigenvalue weighted by molar-refractivity contribution is 7.90. The van der Waals surface area contributed by atoms with Gasteiger partial charge in [-0.2, -0.15) is 13.2 Å². The first-order chi connectivity index (χ1) is 19.4. The Morgan fingerprint density at radius 2 is 1.71 bits per heavy atom. The van der Waals surface area contributed by atoms with Crippen molar-refractivity contribution in [3.05, 3.63) is 106 Å². The van der Waals surface area contributed by atoms with E-state index in [0.29, 0.717) is 24.2 Å². The lowest BCUT2D eigenvalue weighted by molar-refractivity contribution is -0.137. The van der Waals surface area contributed by atoms with Gasteiger partial charge in [0.05, 0.1) is 28.6 Å². The standard InChI is InChI=1S/C29H24F3N3O4S2/c1-18-2-11-26(41(38,39)34-28(37)25-14-33-17-40-25)24(12-18)21-5-3-19(4-6-21)13-27(36)35-15-22(16-35)20-7-9-23(10-8-20)29(30,31)32/h2-12,14,17,22H,13,15-16H2,1H3,(H,34,37). The van der Waals surface area contributed by atoms with Crippen molar-refractivity contribution >= 4 is 33.2 Å². The van der Waals surface area contributed by atoms with Gasteiger partial charge in [-0.05, 0) is 41.8 Å². The van der Waals surface area contributed by atoms with Gasteiger partial charge in [0.1, 0.15) is 4.88 Å². The molecule has 2 heterocycles. The van der Waals surface area contributed by atoms with Crippen LogP contribution in [0.25, 0.3) is 11.1 Å². The number of carbonyl (C=O) groups excluding carboxylic acids is 2. The second-order valence-electron chi connectivity index (χ2n) is 9.79. The maximum Gasteiger partial charge on any atom is 0.416 e. The number of alkyl halides is 3. The number of hydrogen-bond acceptors (Lipinski definition) is 6. The van der Waals surface area contributed by atoms with Gasteiger partial charge in [-0.15, -0.1) is 11.3 Å². The van der Waals surface area contributed by atoms with E-state index in [1.54, 1.807) is 41.3 Å². The quantitative estimate of drug-likeness (QED) is 0.306. The van der Waals surface area contributed by atoms with E-state index in [1.807, 2.05) is 6.92 Å². The number of likely N-dealkylation sites (tertiary alicyclic amines) is 1. The summed E-state index contributed by atoms with van der Waals surface area (Å²) in [5.74, 6) is -0.883. The fraction of sp³-hybridized carbons (Fsp3) is 0.207. The third-order valence-corrected chi connectivity index (χ3v) is 9.03. The van der Waals surface area contributed by atoms with Crippen LogP contribution in [-0.4, -0.2) is 43.2 Å². The van der Waals surface area contributed by atoms with E-state index in [1.165, 1.54) is 29.9 Å². The summed E-state index contributed by atoms with van der Waals surface area (Å²) in [5, 5.41) is 0. The van der Waals surface area contributed by atoms with E-state index in [4.69, 9.17) is 0 Å². The highest BCUT2D eigenvalue weighted by Crippen LogP contribution is 2.33. The predicted octanol–water partition coefficient (Wildman–Crippen LogP) is 5.42. The second kappa shape index (κ2) is 11.1. The highest BCUT2D eigenvalue weighted by atomic mass is 32.2. The minimum absolute atomic E-state index is 0.0122. The number of halogens is 3. The van der Waals surface area contributed by atoms with Crippen LogP contribution in [0.1, 0.15) is 37.8 Å². The average Bonchev–Trinajstić information content (AvgIpc) is 3.43. The molecule has 0 saturated carbocycles. The van der Waals surface area contributed by atoms with Crippen LogP contribution in [-0.2, 0) is 27.4 Å². The van der Waals surface area contributed by atoms with E-state index in [9.17, 15) is 31.2 Å². The molecule has 1 fully saturated rings. The largest absolute Gasteiger partial charge is 0.416 e. The lowest BCUT2D eigenvalue weighted by atomic mass is 9.90. The van der Waals surface area contributed by atoms with Gasteiger partial charge in [0.15, 0.2) is 0 Å². The molecule has 7 nitrogen and oxygen atoms in total. The third-order valence-electron chi connectivity index (χ3n) is 6.87. The van der Waals surface area contributed by atoms with Crippen molar-refractivity contribution in [1.82, 2.24) is 14.6 Å². The van der Waals surface area contributed by atoms with E-state index < -0.39 is 27.7 Å². The molecule has 1 N–H and O–H groups in total. The summed E-state index contributed by atoms with van der Waals surface area (Å²) < 4.78 is 66.7. The first-order valence-corrected chi connectivity index (χ1v) is 14.9. The molecule has 0 atom stereocenters. The molecule has 1 aromatic heterocycles. The summed E-state index contributed by atoms with van der Waals surface area (Å²) in [6.07, 6.45) is -2.96. The Labute approximate surface area is 238 Å². The molecular formula is C29H24F3N3O4S2. The smallest absolute Gasteiger partial charge is 0.341 e. The third kappa shape index (κ3) is 6.33. The van der Waals surface area contributed by atoms with E-state index in [0.717, 1.165) is 40.2 Å². The number of aromatic nitrogens is 1. The van der Waals surface area contributed by atoms with Crippen molar-refractivity contribution in [3.63, 3.8) is 0 Å². The van der Waals surface area contributed by atoms with E-state index in [-0.39, 0.29) is 28.0 Å². The lowest BCUT2D eigenvalue weighted by Crippen LogP contribution is -2.49. The van der Waals surface area contributed by atoms with Crippen LogP contribution in [0.3, 0.4) is 0 Å². The zero-order valence-electron chi connectivity index (χ0n) is 21.7. The van der Waals surface area contributed by atoms with Gasteiger partial charge in [-0.3, -0.25) is 14.6 Å². The summed E-state index contributed by atoms with van der Waals surface area (Å²) in [4.78, 5) is 30.8. The number of nitrogens with one attached hydrogen (secondary N) is 1. The molecule has 12 heteroatoms. The zero-order chi connectivity index (χ0) is 29.4. The lowest BCUT2D eigenvalue weighted by Gasteiger charge is -2.39. The minimum Gasteiger partial charge on any atom is -0.341 e. The first-order valence-electron chi connectivity index (χ1n) is 12.5. The highest BCUT2D eigenvalue weighted by Gasteiger charge is 2.34. The van der Waals surface area contributed by atoms with Crippen LogP contribution in [0.4, 0.5) is 13.2 Å². The molecular weight excluding hydrogens is 575 g/mol. The fourth-order valence-electron chi connectivity index (χ4n) is 4.58. The molecule has 41 heavy (non-hydrogen) atoms. The van der Waals surface area contributed by atoms with Crippen molar-refractivity contribution in [1.29, 1.82) is 0 Å². The van der Waals surface area contributed by atoms with Gasteiger partial charge in [-0.1, -0.05) is 54.1 Å². The summed E-state index contributed by atoms with van der Waals surface area (Å²) >= 11 is 1.03. The summed E-state index contributed by atoms with van der Waals surface area (Å²) in [7, 11) is -4.19. The van der Waals surface area contributed by atoms with Crippen LogP contribution < -0.4 is 4.72 Å². The van der Waals surface area contributed by atoms with Crippen molar-refractivity contribution in [2.24, 2.45) is 0 Å². The van der Waals surface area contributed by atoms with Gasteiger partial charge >= 0.3 is 6.18 Å². The monoisotopic (exact) mass is 599 g/mol. The molecule has 212 valence electrons. The molecule has 5 rings (SSSR count). The number of rotatable bonds is 7. The molecule has 0 spiro atoms. The maximum atomic E-state index is 13.1. The Morgan fingerprint density at radius 3 is 2.32 bits per heavy atom. The number of amides is 2. The molecule has 0 radical (unpaired) electrons. The SMILES string of the molecule is Cc1ccc(S(=O)(=O)NC(=O)c2cncs2)c(-c2ccc(CC(=O)N3CC(c4ccc(C(F)(F)F)cc4)C3)cc2)c1. The normalized spacial score (nSPS) is 14.0. The topological polar surface area (TPSA) is 96.4 Å². The van der Waals surface area contributed by atoms with Gasteiger partial charge < -0.3 is 4.90 Å². The second-order valence-corrected chi connectivity index (χ2v) is 12.3. The van der Waals surface area contributed by atoms with Gasteiger partial charge in [-0.25, -0.2) is 13.1 Å². The molecule has 2 amide bonds. The molecule has 1 aliphatic heterocycles. The Bertz CT molecular complexity index is 1680. The number of sulfonamides is 1. The maximum absolute atomic E-state index is 13.1. The average molecular weight is 600 g/mol. The molecule has 1 aliphatic rings. The predicted molar refractivity (Wildman–Crippen MR) is 148 cm³/mol. The minimum atomic E-state index is -4.39. The summed E-state index contributed by atoms with van der Waals surface area (Å²) in [6, 6.07) is 16.8. The molecule has 3 aromatic carbocycles. The number of nitrogens with zero attached hydrogens (tertiary/aromatic N) is 2. The van der Waals surface area contributed by atoms with E-state index in [2.05, 4.69) is 9.71 Å². The number of carbonyl (C=O) groups is 2. The molecule has 0 unspecified atom stereocenters. The number of aryl methyl sites for hydroxylation is 1.